The predicted octanol–water partition coefficient (Wildman–Crippen LogP) is 3.93. The minimum absolute atomic E-state index is 0.102. The molecule has 0 bridgehead atoms. The van der Waals surface area contributed by atoms with Gasteiger partial charge in [0.1, 0.15) is 11.3 Å². The molecular weight excluding hydrogens is 456 g/mol. The van der Waals surface area contributed by atoms with Crippen LogP contribution >= 0.6 is 0 Å². The molecule has 4 rings (SSSR count). The topological polar surface area (TPSA) is 115 Å². The van der Waals surface area contributed by atoms with Gasteiger partial charge in [0.2, 0.25) is 15.9 Å². The first-order valence-corrected chi connectivity index (χ1v) is 13.6. The van der Waals surface area contributed by atoms with Crippen molar-refractivity contribution < 1.29 is 22.5 Å². The number of aryl methyl sites for hydroxylation is 1. The number of hydrogen-bond acceptors (Lipinski definition) is 7. The number of nitrogens with zero attached hydrogens (tertiary/aromatic N) is 3. The maximum absolute atomic E-state index is 13.6. The van der Waals surface area contributed by atoms with E-state index < -0.39 is 21.5 Å². The van der Waals surface area contributed by atoms with Gasteiger partial charge in [-0.3, -0.25) is 4.79 Å². The Morgan fingerprint density at radius 2 is 1.71 bits per heavy atom. The van der Waals surface area contributed by atoms with Gasteiger partial charge in [-0.25, -0.2) is 8.42 Å². The number of sulfonamides is 1. The second kappa shape index (κ2) is 10.4. The van der Waals surface area contributed by atoms with Crippen molar-refractivity contribution in [2.45, 2.75) is 81.6 Å². The summed E-state index contributed by atoms with van der Waals surface area (Å²) in [6.45, 7) is 2.72. The molecule has 186 valence electrons. The van der Waals surface area contributed by atoms with Crippen LogP contribution in [0.5, 0.6) is 5.75 Å². The van der Waals surface area contributed by atoms with E-state index in [4.69, 9.17) is 9.26 Å². The van der Waals surface area contributed by atoms with Crippen LogP contribution in [0, 0.1) is 6.92 Å². The first-order chi connectivity index (χ1) is 16.4. The van der Waals surface area contributed by atoms with Crippen LogP contribution in [0.4, 0.5) is 0 Å². The lowest BCUT2D eigenvalue weighted by Crippen LogP contribution is -2.46. The number of ether oxygens (including phenoxy) is 1. The van der Waals surface area contributed by atoms with Crippen LogP contribution in [0.2, 0.25) is 0 Å². The van der Waals surface area contributed by atoms with Gasteiger partial charge in [0, 0.05) is 20.0 Å². The van der Waals surface area contributed by atoms with E-state index in [-0.39, 0.29) is 10.5 Å². The monoisotopic (exact) mass is 490 g/mol. The highest BCUT2D eigenvalue weighted by Gasteiger charge is 2.39. The summed E-state index contributed by atoms with van der Waals surface area (Å²) in [6, 6.07) is 4.50. The van der Waals surface area contributed by atoms with Crippen LogP contribution in [0.3, 0.4) is 0 Å². The smallest absolute Gasteiger partial charge is 0.255 e. The summed E-state index contributed by atoms with van der Waals surface area (Å²) in [5.74, 6) is 0.818. The minimum atomic E-state index is -3.71. The molecule has 2 aliphatic rings. The Kier molecular flexibility index (Phi) is 7.57. The van der Waals surface area contributed by atoms with E-state index in [1.165, 1.54) is 23.5 Å². The quantitative estimate of drug-likeness (QED) is 0.610. The van der Waals surface area contributed by atoms with Crippen molar-refractivity contribution >= 4 is 15.9 Å². The van der Waals surface area contributed by atoms with E-state index in [9.17, 15) is 13.2 Å². The molecule has 1 N–H and O–H groups in total. The number of methoxy groups -OCH3 is 1. The molecule has 0 unspecified atom stereocenters. The molecule has 1 saturated heterocycles. The number of carbonyl (C=O) groups is 1. The highest BCUT2D eigenvalue weighted by Crippen LogP contribution is 2.36. The van der Waals surface area contributed by atoms with Gasteiger partial charge >= 0.3 is 0 Å². The first-order valence-electron chi connectivity index (χ1n) is 12.2. The molecule has 1 saturated carbocycles. The molecule has 2 heterocycles. The second-order valence-electron chi connectivity index (χ2n) is 9.27. The summed E-state index contributed by atoms with van der Waals surface area (Å²) < 4.78 is 38.9. The molecule has 0 atom stereocenters. The molecule has 1 amide bonds. The fourth-order valence-corrected chi connectivity index (χ4v) is 6.51. The maximum atomic E-state index is 13.6. The Labute approximate surface area is 201 Å². The van der Waals surface area contributed by atoms with Crippen molar-refractivity contribution in [2.75, 3.05) is 20.2 Å². The number of hydrogen-bond donors (Lipinski definition) is 1. The van der Waals surface area contributed by atoms with Gasteiger partial charge in [0.25, 0.3) is 5.91 Å². The van der Waals surface area contributed by atoms with E-state index in [0.29, 0.717) is 43.4 Å². The van der Waals surface area contributed by atoms with E-state index in [1.807, 2.05) is 0 Å². The minimum Gasteiger partial charge on any atom is -0.496 e. The molecule has 2 aromatic rings. The van der Waals surface area contributed by atoms with Crippen LogP contribution in [0.25, 0.3) is 0 Å². The molecule has 1 aromatic heterocycles. The highest BCUT2D eigenvalue weighted by molar-refractivity contribution is 7.89. The third-order valence-electron chi connectivity index (χ3n) is 6.88. The van der Waals surface area contributed by atoms with Crippen molar-refractivity contribution in [3.05, 3.63) is 35.5 Å². The molecule has 9 nitrogen and oxygen atoms in total. The number of carbonyl (C=O) groups excluding carboxylic acids is 1. The van der Waals surface area contributed by atoms with Gasteiger partial charge in [0.05, 0.1) is 17.6 Å². The Hall–Kier alpha value is -2.46. The zero-order valence-electron chi connectivity index (χ0n) is 20.0. The third kappa shape index (κ3) is 5.12. The molecule has 2 fully saturated rings. The lowest BCUT2D eigenvalue weighted by Gasteiger charge is -2.31. The molecule has 1 aromatic carbocycles. The van der Waals surface area contributed by atoms with Gasteiger partial charge in [-0.05, 0) is 43.9 Å². The predicted molar refractivity (Wildman–Crippen MR) is 126 cm³/mol. The number of aromatic nitrogens is 2. The largest absolute Gasteiger partial charge is 0.496 e. The van der Waals surface area contributed by atoms with Gasteiger partial charge in [-0.15, -0.1) is 0 Å². The van der Waals surface area contributed by atoms with E-state index in [1.54, 1.807) is 13.0 Å². The Balaban J connectivity index is 1.67. The SMILES string of the molecule is COc1ccc(S(=O)(=O)N2CCCCCC2)cc1C(=O)NC1(c2noc(C)n2)CCCCCC1. The zero-order valence-corrected chi connectivity index (χ0v) is 20.8. The van der Waals surface area contributed by atoms with Crippen molar-refractivity contribution in [1.29, 1.82) is 0 Å². The third-order valence-corrected chi connectivity index (χ3v) is 8.78. The highest BCUT2D eigenvalue weighted by atomic mass is 32.2. The molecule has 34 heavy (non-hydrogen) atoms. The van der Waals surface area contributed by atoms with Crippen LogP contribution in [-0.4, -0.2) is 49.0 Å². The lowest BCUT2D eigenvalue weighted by atomic mass is 9.88. The fraction of sp³-hybridized carbons (Fsp3) is 0.625. The fourth-order valence-electron chi connectivity index (χ4n) is 4.97. The zero-order chi connectivity index (χ0) is 24.2. The van der Waals surface area contributed by atoms with Gasteiger partial charge < -0.3 is 14.6 Å². The van der Waals surface area contributed by atoms with E-state index in [2.05, 4.69) is 15.5 Å². The van der Waals surface area contributed by atoms with Crippen LogP contribution in [0.1, 0.15) is 86.3 Å². The summed E-state index contributed by atoms with van der Waals surface area (Å²) in [5, 5.41) is 7.28. The van der Waals surface area contributed by atoms with Gasteiger partial charge in [-0.1, -0.05) is 43.7 Å². The van der Waals surface area contributed by atoms with E-state index in [0.717, 1.165) is 51.4 Å². The summed E-state index contributed by atoms with van der Waals surface area (Å²) in [6.07, 6.45) is 9.10. The Morgan fingerprint density at radius 1 is 1.06 bits per heavy atom. The molecule has 1 aliphatic carbocycles. The molecule has 0 radical (unpaired) electrons. The summed E-state index contributed by atoms with van der Waals surface area (Å²) in [5.41, 5.74) is -0.585. The van der Waals surface area contributed by atoms with Crippen molar-refractivity contribution in [2.24, 2.45) is 0 Å². The van der Waals surface area contributed by atoms with Crippen LogP contribution in [-0.2, 0) is 15.6 Å². The Morgan fingerprint density at radius 3 is 2.29 bits per heavy atom. The second-order valence-corrected chi connectivity index (χ2v) is 11.2. The maximum Gasteiger partial charge on any atom is 0.255 e. The van der Waals surface area contributed by atoms with Crippen LogP contribution < -0.4 is 10.1 Å². The molecular formula is C24H34N4O5S. The number of amides is 1. The number of nitrogens with one attached hydrogen (secondary N) is 1. The van der Waals surface area contributed by atoms with Crippen molar-refractivity contribution in [3.8, 4) is 5.75 Å². The summed E-state index contributed by atoms with van der Waals surface area (Å²) in [7, 11) is -2.24. The normalized spacial score (nSPS) is 19.7. The molecule has 10 heteroatoms. The van der Waals surface area contributed by atoms with Gasteiger partial charge in [0.15, 0.2) is 5.82 Å². The molecule has 1 aliphatic heterocycles. The average molecular weight is 491 g/mol. The summed E-state index contributed by atoms with van der Waals surface area (Å²) >= 11 is 0. The lowest BCUT2D eigenvalue weighted by molar-refractivity contribution is 0.0873. The first kappa shape index (κ1) is 24.7. The van der Waals surface area contributed by atoms with Gasteiger partial charge in [-0.2, -0.15) is 9.29 Å². The standard InChI is InChI=1S/C24H34N4O5S/c1-18-25-23(27-33-18)24(13-7-3-4-8-14-24)26-22(29)20-17-19(11-12-21(20)32-2)34(30,31)28-15-9-5-6-10-16-28/h11-12,17H,3-10,13-16H2,1-2H3,(H,26,29). The van der Waals surface area contributed by atoms with Crippen LogP contribution in [0.15, 0.2) is 27.6 Å². The molecule has 0 spiro atoms. The van der Waals surface area contributed by atoms with Crippen molar-refractivity contribution in [3.63, 3.8) is 0 Å². The Bertz CT molecular complexity index is 1100. The summed E-state index contributed by atoms with van der Waals surface area (Å²) in [4.78, 5) is 18.2. The number of benzene rings is 1. The van der Waals surface area contributed by atoms with Crippen molar-refractivity contribution in [1.82, 2.24) is 19.8 Å². The average Bonchev–Trinajstić information content (AvgIpc) is 3.02. The number of rotatable bonds is 6. The van der Waals surface area contributed by atoms with E-state index >= 15 is 0 Å².